The number of anilines is 1. The van der Waals surface area contributed by atoms with E-state index in [4.69, 9.17) is 9.47 Å². The predicted molar refractivity (Wildman–Crippen MR) is 53.4 cm³/mol. The highest BCUT2D eigenvalue weighted by Crippen LogP contribution is 2.29. The molecule has 0 unspecified atom stereocenters. The van der Waals surface area contributed by atoms with Crippen molar-refractivity contribution in [2.75, 3.05) is 18.5 Å². The summed E-state index contributed by atoms with van der Waals surface area (Å²) in [6.45, 7) is 1.28. The first-order valence-corrected chi connectivity index (χ1v) is 4.99. The lowest BCUT2D eigenvalue weighted by Gasteiger charge is -2.10. The number of hydrogen-bond acceptors (Lipinski definition) is 3. The Morgan fingerprint density at radius 1 is 1.27 bits per heavy atom. The number of amides is 1. The molecule has 2 aliphatic heterocycles. The molecule has 0 saturated carbocycles. The lowest BCUT2D eigenvalue weighted by atomic mass is 10.1. The Hall–Kier alpha value is -1.39. The molecule has 4 nitrogen and oxygen atoms in total. The van der Waals surface area contributed by atoms with Crippen LogP contribution in [0.2, 0.25) is 0 Å². The fraction of sp³-hybridized carbons (Fsp3) is 0.364. The van der Waals surface area contributed by atoms with Gasteiger partial charge >= 0.3 is 0 Å². The standard InChI is InChI=1S/C11H11NO3/c13-10-6-8-5-7(1-2-9(8)12-10)11-14-3-4-15-11/h1-2,5,11H,3-4,6H2,(H,12,13). The summed E-state index contributed by atoms with van der Waals surface area (Å²) in [5.41, 5.74) is 2.92. The van der Waals surface area contributed by atoms with Gasteiger partial charge in [0.15, 0.2) is 6.29 Å². The maximum Gasteiger partial charge on any atom is 0.228 e. The molecule has 2 aliphatic rings. The van der Waals surface area contributed by atoms with Crippen LogP contribution >= 0.6 is 0 Å². The molecule has 1 saturated heterocycles. The van der Waals surface area contributed by atoms with E-state index < -0.39 is 0 Å². The van der Waals surface area contributed by atoms with Crippen LogP contribution in [0, 0.1) is 0 Å². The van der Waals surface area contributed by atoms with E-state index in [0.717, 1.165) is 16.8 Å². The van der Waals surface area contributed by atoms with E-state index in [0.29, 0.717) is 19.6 Å². The van der Waals surface area contributed by atoms with Gasteiger partial charge in [0.05, 0.1) is 19.6 Å². The zero-order chi connectivity index (χ0) is 10.3. The highest BCUT2D eigenvalue weighted by Gasteiger charge is 2.22. The summed E-state index contributed by atoms with van der Waals surface area (Å²) in [5.74, 6) is 0.0513. The Balaban J connectivity index is 1.92. The molecule has 0 spiro atoms. The van der Waals surface area contributed by atoms with Gasteiger partial charge < -0.3 is 14.8 Å². The highest BCUT2D eigenvalue weighted by molar-refractivity contribution is 5.99. The average Bonchev–Trinajstić information content (AvgIpc) is 2.82. The van der Waals surface area contributed by atoms with E-state index in [9.17, 15) is 4.79 Å². The van der Waals surface area contributed by atoms with Crippen LogP contribution in [0.25, 0.3) is 0 Å². The minimum absolute atomic E-state index is 0.0513. The lowest BCUT2D eigenvalue weighted by molar-refractivity contribution is -0.115. The maximum absolute atomic E-state index is 11.2. The van der Waals surface area contributed by atoms with Crippen LogP contribution in [0.5, 0.6) is 0 Å². The number of fused-ring (bicyclic) bond motifs is 1. The smallest absolute Gasteiger partial charge is 0.228 e. The normalized spacial score (nSPS) is 20.4. The van der Waals surface area contributed by atoms with Crippen LogP contribution in [0.15, 0.2) is 18.2 Å². The van der Waals surface area contributed by atoms with Crippen molar-refractivity contribution in [1.82, 2.24) is 0 Å². The van der Waals surface area contributed by atoms with Crippen molar-refractivity contribution < 1.29 is 14.3 Å². The van der Waals surface area contributed by atoms with Gasteiger partial charge in [0.25, 0.3) is 0 Å². The summed E-state index contributed by atoms with van der Waals surface area (Å²) in [4.78, 5) is 11.2. The summed E-state index contributed by atoms with van der Waals surface area (Å²) < 4.78 is 10.8. The van der Waals surface area contributed by atoms with Gasteiger partial charge in [0.1, 0.15) is 0 Å². The van der Waals surface area contributed by atoms with Gasteiger partial charge in [0.2, 0.25) is 5.91 Å². The number of rotatable bonds is 1. The first-order valence-electron chi connectivity index (χ1n) is 4.99. The lowest BCUT2D eigenvalue weighted by Crippen LogP contribution is -2.03. The predicted octanol–water partition coefficient (Wildman–Crippen LogP) is 1.23. The van der Waals surface area contributed by atoms with E-state index in [2.05, 4.69) is 5.32 Å². The Labute approximate surface area is 87.2 Å². The monoisotopic (exact) mass is 205 g/mol. The third kappa shape index (κ3) is 1.52. The molecule has 78 valence electrons. The van der Waals surface area contributed by atoms with E-state index in [1.807, 2.05) is 18.2 Å². The summed E-state index contributed by atoms with van der Waals surface area (Å²) in [5, 5.41) is 2.79. The van der Waals surface area contributed by atoms with Gasteiger partial charge in [-0.05, 0) is 17.7 Å². The maximum atomic E-state index is 11.2. The second kappa shape index (κ2) is 3.32. The molecule has 0 atom stereocenters. The second-order valence-corrected chi connectivity index (χ2v) is 3.72. The van der Waals surface area contributed by atoms with Gasteiger partial charge in [-0.1, -0.05) is 6.07 Å². The van der Waals surface area contributed by atoms with Crippen molar-refractivity contribution in [2.45, 2.75) is 12.7 Å². The van der Waals surface area contributed by atoms with Gasteiger partial charge in [-0.15, -0.1) is 0 Å². The van der Waals surface area contributed by atoms with Crippen LogP contribution in [-0.4, -0.2) is 19.1 Å². The summed E-state index contributed by atoms with van der Waals surface area (Å²) in [6.07, 6.45) is 0.196. The number of carbonyl (C=O) groups is 1. The molecule has 1 aromatic carbocycles. The largest absolute Gasteiger partial charge is 0.346 e. The summed E-state index contributed by atoms with van der Waals surface area (Å²) >= 11 is 0. The number of hydrogen-bond donors (Lipinski definition) is 1. The van der Waals surface area contributed by atoms with Gasteiger partial charge in [-0.3, -0.25) is 4.79 Å². The molecule has 0 aliphatic carbocycles. The van der Waals surface area contributed by atoms with Crippen molar-refractivity contribution >= 4 is 11.6 Å². The number of ether oxygens (including phenoxy) is 2. The fourth-order valence-electron chi connectivity index (χ4n) is 1.95. The molecule has 1 fully saturated rings. The van der Waals surface area contributed by atoms with Crippen LogP contribution in [0.4, 0.5) is 5.69 Å². The topological polar surface area (TPSA) is 47.6 Å². The molecule has 3 rings (SSSR count). The number of carbonyl (C=O) groups excluding carboxylic acids is 1. The molecule has 1 amide bonds. The molecular formula is C11H11NO3. The van der Waals surface area contributed by atoms with E-state index in [1.165, 1.54) is 0 Å². The van der Waals surface area contributed by atoms with Crippen molar-refractivity contribution in [3.8, 4) is 0 Å². The summed E-state index contributed by atoms with van der Waals surface area (Å²) in [7, 11) is 0. The minimum Gasteiger partial charge on any atom is -0.346 e. The Morgan fingerprint density at radius 3 is 2.87 bits per heavy atom. The first-order chi connectivity index (χ1) is 7.33. The second-order valence-electron chi connectivity index (χ2n) is 3.72. The van der Waals surface area contributed by atoms with E-state index in [-0.39, 0.29) is 12.2 Å². The van der Waals surface area contributed by atoms with Crippen molar-refractivity contribution in [2.24, 2.45) is 0 Å². The third-order valence-electron chi connectivity index (χ3n) is 2.65. The zero-order valence-corrected chi connectivity index (χ0v) is 8.16. The first kappa shape index (κ1) is 8.88. The van der Waals surface area contributed by atoms with Crippen LogP contribution in [0.1, 0.15) is 17.4 Å². The molecule has 15 heavy (non-hydrogen) atoms. The zero-order valence-electron chi connectivity index (χ0n) is 8.16. The van der Waals surface area contributed by atoms with Gasteiger partial charge in [-0.2, -0.15) is 0 Å². The van der Waals surface area contributed by atoms with Crippen molar-refractivity contribution in [3.05, 3.63) is 29.3 Å². The minimum atomic E-state index is -0.258. The number of benzene rings is 1. The molecule has 1 N–H and O–H groups in total. The van der Waals surface area contributed by atoms with E-state index in [1.54, 1.807) is 0 Å². The molecule has 0 bridgehead atoms. The van der Waals surface area contributed by atoms with Crippen molar-refractivity contribution in [3.63, 3.8) is 0 Å². The number of nitrogens with one attached hydrogen (secondary N) is 1. The summed E-state index contributed by atoms with van der Waals surface area (Å²) in [6, 6.07) is 5.81. The quantitative estimate of drug-likeness (QED) is 0.750. The third-order valence-corrected chi connectivity index (χ3v) is 2.65. The molecular weight excluding hydrogens is 194 g/mol. The Kier molecular flexibility index (Phi) is 1.97. The van der Waals surface area contributed by atoms with Crippen LogP contribution in [0.3, 0.4) is 0 Å². The van der Waals surface area contributed by atoms with Crippen LogP contribution < -0.4 is 5.32 Å². The Bertz CT molecular complexity index is 410. The highest BCUT2D eigenvalue weighted by atomic mass is 16.7. The molecule has 1 aromatic rings. The molecule has 0 aromatic heterocycles. The Morgan fingerprint density at radius 2 is 2.07 bits per heavy atom. The van der Waals surface area contributed by atoms with Gasteiger partial charge in [0, 0.05) is 11.3 Å². The van der Waals surface area contributed by atoms with Gasteiger partial charge in [-0.25, -0.2) is 0 Å². The SMILES string of the molecule is O=C1Cc2cc(C3OCCO3)ccc2N1. The van der Waals surface area contributed by atoms with Crippen molar-refractivity contribution in [1.29, 1.82) is 0 Å². The average molecular weight is 205 g/mol. The van der Waals surface area contributed by atoms with E-state index >= 15 is 0 Å². The molecule has 2 heterocycles. The molecule has 0 radical (unpaired) electrons. The fourth-order valence-corrected chi connectivity index (χ4v) is 1.95. The molecule has 4 heteroatoms. The van der Waals surface area contributed by atoms with Crippen LogP contribution in [-0.2, 0) is 20.7 Å².